The van der Waals surface area contributed by atoms with Gasteiger partial charge in [0.2, 0.25) is 0 Å². The number of para-hydroxylation sites is 1. The molecule has 19 heavy (non-hydrogen) atoms. The van der Waals surface area contributed by atoms with Gasteiger partial charge in [-0.2, -0.15) is 0 Å². The highest BCUT2D eigenvalue weighted by atomic mass is 79.9. The van der Waals surface area contributed by atoms with Crippen LogP contribution in [0.25, 0.3) is 10.9 Å². The molecule has 96 valence electrons. The lowest BCUT2D eigenvalue weighted by Crippen LogP contribution is -1.90. The largest absolute Gasteiger partial charge is 0.361 e. The van der Waals surface area contributed by atoms with Crippen molar-refractivity contribution in [2.24, 2.45) is 0 Å². The molecule has 0 amide bonds. The summed E-state index contributed by atoms with van der Waals surface area (Å²) >= 11 is 3.61. The zero-order valence-corrected chi connectivity index (χ0v) is 12.3. The minimum atomic E-state index is 1.11. The lowest BCUT2D eigenvalue weighted by atomic mass is 10.0. The van der Waals surface area contributed by atoms with Gasteiger partial charge in [-0.3, -0.25) is 0 Å². The van der Waals surface area contributed by atoms with Crippen molar-refractivity contribution in [1.82, 2.24) is 4.98 Å². The van der Waals surface area contributed by atoms with Crippen molar-refractivity contribution in [3.8, 4) is 0 Å². The minimum absolute atomic E-state index is 1.11. The Morgan fingerprint density at radius 3 is 2.47 bits per heavy atom. The maximum atomic E-state index is 3.61. The Hall–Kier alpha value is -1.54. The van der Waals surface area contributed by atoms with Crippen LogP contribution in [0.3, 0.4) is 0 Å². The molecule has 0 atom stereocenters. The van der Waals surface area contributed by atoms with E-state index in [1.165, 1.54) is 32.9 Å². The maximum Gasteiger partial charge on any atom is 0.0456 e. The van der Waals surface area contributed by atoms with Crippen LogP contribution >= 0.6 is 15.9 Å². The van der Waals surface area contributed by atoms with Crippen LogP contribution in [0, 0.1) is 0 Å². The summed E-state index contributed by atoms with van der Waals surface area (Å²) < 4.78 is 1.22. The van der Waals surface area contributed by atoms with Gasteiger partial charge in [0.1, 0.15) is 0 Å². The molecule has 0 aliphatic carbocycles. The van der Waals surface area contributed by atoms with E-state index in [0.717, 1.165) is 12.8 Å². The summed E-state index contributed by atoms with van der Waals surface area (Å²) in [4.78, 5) is 3.34. The summed E-state index contributed by atoms with van der Waals surface area (Å²) in [6.45, 7) is 0. The van der Waals surface area contributed by atoms with E-state index in [1.807, 2.05) is 0 Å². The first-order chi connectivity index (χ1) is 9.34. The Morgan fingerprint density at radius 1 is 0.842 bits per heavy atom. The van der Waals surface area contributed by atoms with E-state index in [0.29, 0.717) is 0 Å². The van der Waals surface area contributed by atoms with Crippen molar-refractivity contribution in [2.75, 3.05) is 0 Å². The highest BCUT2D eigenvalue weighted by Gasteiger charge is 2.03. The number of rotatable bonds is 4. The summed E-state index contributed by atoms with van der Waals surface area (Å²) in [7, 11) is 0. The molecule has 2 aromatic carbocycles. The molecule has 2 heteroatoms. The summed E-state index contributed by atoms with van der Waals surface area (Å²) in [5, 5.41) is 1.36. The van der Waals surface area contributed by atoms with Gasteiger partial charge in [0.05, 0.1) is 0 Å². The molecule has 1 N–H and O–H groups in total. The molecule has 0 aliphatic heterocycles. The number of aryl methyl sites for hydroxylation is 2. The number of nitrogens with one attached hydrogen (secondary N) is 1. The number of aromatic amines is 1. The Bertz CT molecular complexity index is 684. The second-order valence-corrected chi connectivity index (χ2v) is 5.66. The molecule has 3 rings (SSSR count). The van der Waals surface area contributed by atoms with Crippen LogP contribution in [0.5, 0.6) is 0 Å². The van der Waals surface area contributed by atoms with Crippen LogP contribution in [-0.4, -0.2) is 4.98 Å². The van der Waals surface area contributed by atoms with Crippen LogP contribution < -0.4 is 0 Å². The molecule has 0 bridgehead atoms. The fourth-order valence-electron chi connectivity index (χ4n) is 2.51. The number of hydrogen-bond donors (Lipinski definition) is 1. The Morgan fingerprint density at radius 2 is 1.58 bits per heavy atom. The monoisotopic (exact) mass is 313 g/mol. The van der Waals surface area contributed by atoms with Gasteiger partial charge in [-0.05, 0) is 42.5 Å². The van der Waals surface area contributed by atoms with Crippen LogP contribution in [0.1, 0.15) is 17.5 Å². The molecule has 0 aliphatic rings. The number of H-pyrrole nitrogens is 1. The maximum absolute atomic E-state index is 3.61. The fourth-order valence-corrected chi connectivity index (χ4v) is 2.99. The molecule has 1 nitrogen and oxygen atoms in total. The fraction of sp³-hybridized carbons (Fsp3) is 0.176. The third-order valence-electron chi connectivity index (χ3n) is 3.52. The Labute approximate surface area is 121 Å². The zero-order valence-electron chi connectivity index (χ0n) is 10.7. The molecular weight excluding hydrogens is 298 g/mol. The Kier molecular flexibility index (Phi) is 3.69. The van der Waals surface area contributed by atoms with Gasteiger partial charge in [0.15, 0.2) is 0 Å². The van der Waals surface area contributed by atoms with Crippen LogP contribution in [0.2, 0.25) is 0 Å². The standard InChI is InChI=1S/C17H16BrN/c18-16-10-3-1-6-13(16)7-5-8-14-12-19-17-11-4-2-9-15(14)17/h1-4,6,9-12,19H,5,7-8H2. The van der Waals surface area contributed by atoms with E-state index in [4.69, 9.17) is 0 Å². The highest BCUT2D eigenvalue weighted by Crippen LogP contribution is 2.21. The first kappa shape index (κ1) is 12.5. The normalized spacial score (nSPS) is 11.0. The molecule has 0 saturated heterocycles. The van der Waals surface area contributed by atoms with Gasteiger partial charge in [0.25, 0.3) is 0 Å². The summed E-state index contributed by atoms with van der Waals surface area (Å²) in [6, 6.07) is 17.0. The molecule has 0 radical (unpaired) electrons. The quantitative estimate of drug-likeness (QED) is 0.689. The van der Waals surface area contributed by atoms with E-state index in [2.05, 4.69) is 75.6 Å². The number of fused-ring (bicyclic) bond motifs is 1. The smallest absolute Gasteiger partial charge is 0.0456 e. The van der Waals surface area contributed by atoms with E-state index >= 15 is 0 Å². The number of hydrogen-bond acceptors (Lipinski definition) is 0. The van der Waals surface area contributed by atoms with Crippen molar-refractivity contribution >= 4 is 26.8 Å². The molecule has 3 aromatic rings. The van der Waals surface area contributed by atoms with Crippen LogP contribution in [0.4, 0.5) is 0 Å². The molecule has 0 saturated carbocycles. The molecular formula is C17H16BrN. The molecule has 1 heterocycles. The lowest BCUT2D eigenvalue weighted by molar-refractivity contribution is 0.822. The molecule has 0 fully saturated rings. The van der Waals surface area contributed by atoms with Crippen molar-refractivity contribution in [2.45, 2.75) is 19.3 Å². The van der Waals surface area contributed by atoms with Crippen molar-refractivity contribution < 1.29 is 0 Å². The molecule has 1 aromatic heterocycles. The predicted octanol–water partition coefficient (Wildman–Crippen LogP) is 5.11. The lowest BCUT2D eigenvalue weighted by Gasteiger charge is -2.04. The average Bonchev–Trinajstić information content (AvgIpc) is 2.85. The van der Waals surface area contributed by atoms with Gasteiger partial charge >= 0.3 is 0 Å². The van der Waals surface area contributed by atoms with Crippen LogP contribution in [0.15, 0.2) is 59.2 Å². The second kappa shape index (κ2) is 5.62. The zero-order chi connectivity index (χ0) is 13.1. The SMILES string of the molecule is Brc1ccccc1CCCc1c[nH]c2ccccc12. The van der Waals surface area contributed by atoms with Crippen molar-refractivity contribution in [1.29, 1.82) is 0 Å². The number of benzene rings is 2. The van der Waals surface area contributed by atoms with Gasteiger partial charge < -0.3 is 4.98 Å². The van der Waals surface area contributed by atoms with Gasteiger partial charge in [-0.15, -0.1) is 0 Å². The number of aromatic nitrogens is 1. The minimum Gasteiger partial charge on any atom is -0.361 e. The van der Waals surface area contributed by atoms with Gasteiger partial charge in [0, 0.05) is 21.6 Å². The predicted molar refractivity (Wildman–Crippen MR) is 84.5 cm³/mol. The van der Waals surface area contributed by atoms with E-state index in [-0.39, 0.29) is 0 Å². The van der Waals surface area contributed by atoms with Gasteiger partial charge in [-0.25, -0.2) is 0 Å². The average molecular weight is 314 g/mol. The third kappa shape index (κ3) is 2.74. The first-order valence-corrected chi connectivity index (χ1v) is 7.42. The summed E-state index contributed by atoms with van der Waals surface area (Å²) in [5.74, 6) is 0. The van der Waals surface area contributed by atoms with E-state index in [9.17, 15) is 0 Å². The van der Waals surface area contributed by atoms with Gasteiger partial charge in [-0.1, -0.05) is 52.3 Å². The van der Waals surface area contributed by atoms with E-state index < -0.39 is 0 Å². The van der Waals surface area contributed by atoms with E-state index in [1.54, 1.807) is 0 Å². The van der Waals surface area contributed by atoms with Crippen molar-refractivity contribution in [3.63, 3.8) is 0 Å². The highest BCUT2D eigenvalue weighted by molar-refractivity contribution is 9.10. The summed E-state index contributed by atoms with van der Waals surface area (Å²) in [5.41, 5.74) is 4.04. The first-order valence-electron chi connectivity index (χ1n) is 6.63. The third-order valence-corrected chi connectivity index (χ3v) is 4.30. The molecule has 0 unspecified atom stereocenters. The second-order valence-electron chi connectivity index (χ2n) is 4.80. The van der Waals surface area contributed by atoms with Crippen molar-refractivity contribution in [3.05, 3.63) is 70.3 Å². The molecule has 0 spiro atoms. The topological polar surface area (TPSA) is 15.8 Å². The Balaban J connectivity index is 1.68. The van der Waals surface area contributed by atoms with Crippen LogP contribution in [-0.2, 0) is 12.8 Å². The summed E-state index contributed by atoms with van der Waals surface area (Å²) in [6.07, 6.45) is 5.54. The number of halogens is 1.